The highest BCUT2D eigenvalue weighted by atomic mass is 32.1. The number of carbonyl (C=O) groups is 1. The van der Waals surface area contributed by atoms with E-state index in [1.807, 2.05) is 49.4 Å². The van der Waals surface area contributed by atoms with E-state index in [4.69, 9.17) is 26.7 Å². The minimum Gasteiger partial charge on any atom is -0.495 e. The third kappa shape index (κ3) is 5.47. The first kappa shape index (κ1) is 22.7. The summed E-state index contributed by atoms with van der Waals surface area (Å²) in [5.41, 5.74) is 3.01. The Balaban J connectivity index is 1.47. The number of fused-ring (bicyclic) bond motifs is 1. The lowest BCUT2D eigenvalue weighted by Gasteiger charge is -2.14. The summed E-state index contributed by atoms with van der Waals surface area (Å²) in [6.45, 7) is 2.68. The average Bonchev–Trinajstić information content (AvgIpc) is 3.27. The molecule has 0 bridgehead atoms. The van der Waals surface area contributed by atoms with Gasteiger partial charge in [0.1, 0.15) is 16.5 Å². The van der Waals surface area contributed by atoms with Crippen LogP contribution in [0.2, 0.25) is 0 Å². The molecule has 0 saturated heterocycles. The minimum absolute atomic E-state index is 0.172. The number of benzene rings is 3. The van der Waals surface area contributed by atoms with Crippen LogP contribution in [-0.2, 0) is 0 Å². The van der Waals surface area contributed by atoms with Crippen molar-refractivity contribution in [3.05, 3.63) is 72.3 Å². The van der Waals surface area contributed by atoms with Crippen LogP contribution >= 0.6 is 23.6 Å². The summed E-state index contributed by atoms with van der Waals surface area (Å²) >= 11 is 6.99. The molecule has 1 amide bonds. The van der Waals surface area contributed by atoms with E-state index in [0.717, 1.165) is 33.0 Å². The molecule has 0 atom stereocenters. The summed E-state index contributed by atoms with van der Waals surface area (Å²) in [6, 6.07) is 20.7. The number of nitrogens with zero attached hydrogens (tertiary/aromatic N) is 1. The minimum atomic E-state index is -0.309. The number of para-hydroxylation sites is 1. The fourth-order valence-electron chi connectivity index (χ4n) is 3.19. The molecule has 0 aliphatic rings. The second kappa shape index (κ2) is 10.4. The summed E-state index contributed by atoms with van der Waals surface area (Å²) in [5, 5.41) is 6.85. The maximum absolute atomic E-state index is 12.6. The number of amides is 1. The van der Waals surface area contributed by atoms with E-state index >= 15 is 0 Å². The van der Waals surface area contributed by atoms with Crippen LogP contribution < -0.4 is 20.1 Å². The number of methoxy groups -OCH3 is 1. The van der Waals surface area contributed by atoms with Gasteiger partial charge in [-0.3, -0.25) is 10.1 Å². The molecule has 2 N–H and O–H groups in total. The topological polar surface area (TPSA) is 72.5 Å². The zero-order chi connectivity index (χ0) is 23.2. The van der Waals surface area contributed by atoms with E-state index in [-0.39, 0.29) is 11.0 Å². The van der Waals surface area contributed by atoms with Crippen molar-refractivity contribution in [2.45, 2.75) is 13.3 Å². The van der Waals surface area contributed by atoms with Gasteiger partial charge in [0.15, 0.2) is 5.11 Å². The van der Waals surface area contributed by atoms with Gasteiger partial charge in [0.25, 0.3) is 5.91 Å². The first-order chi connectivity index (χ1) is 16.1. The standard InChI is InChI=1S/C25H23N3O3S2/c1-3-14-31-18-11-8-16(9-12-18)23(29)28-25(32)27-20-15-17(10-13-21(20)30-2)24-26-19-6-4-5-7-22(19)33-24/h4-13,15H,3,14H2,1-2H3,(H2,27,28,29,32). The van der Waals surface area contributed by atoms with Gasteiger partial charge in [-0.2, -0.15) is 0 Å². The monoisotopic (exact) mass is 477 g/mol. The van der Waals surface area contributed by atoms with Crippen molar-refractivity contribution in [2.24, 2.45) is 0 Å². The number of ether oxygens (including phenoxy) is 2. The maximum atomic E-state index is 12.6. The molecule has 0 spiro atoms. The van der Waals surface area contributed by atoms with E-state index in [9.17, 15) is 4.79 Å². The Kier molecular flexibility index (Phi) is 7.16. The second-order valence-corrected chi connectivity index (χ2v) is 8.62. The van der Waals surface area contributed by atoms with Gasteiger partial charge in [-0.25, -0.2) is 4.98 Å². The van der Waals surface area contributed by atoms with Crippen molar-refractivity contribution in [3.63, 3.8) is 0 Å². The Morgan fingerprint density at radius 1 is 1.09 bits per heavy atom. The first-order valence-electron chi connectivity index (χ1n) is 10.5. The van der Waals surface area contributed by atoms with Crippen LogP contribution in [0.3, 0.4) is 0 Å². The van der Waals surface area contributed by atoms with Gasteiger partial charge in [-0.1, -0.05) is 19.1 Å². The number of nitrogens with one attached hydrogen (secondary N) is 2. The van der Waals surface area contributed by atoms with Gasteiger partial charge in [-0.15, -0.1) is 11.3 Å². The SMILES string of the molecule is CCCOc1ccc(C(=O)NC(=S)Nc2cc(-c3nc4ccccc4s3)ccc2OC)cc1. The van der Waals surface area contributed by atoms with Crippen molar-refractivity contribution < 1.29 is 14.3 Å². The summed E-state index contributed by atoms with van der Waals surface area (Å²) < 4.78 is 12.1. The summed E-state index contributed by atoms with van der Waals surface area (Å²) in [7, 11) is 1.58. The number of rotatable bonds is 7. The van der Waals surface area contributed by atoms with Gasteiger partial charge in [0.2, 0.25) is 0 Å². The molecule has 0 radical (unpaired) electrons. The van der Waals surface area contributed by atoms with Crippen molar-refractivity contribution in [2.75, 3.05) is 19.0 Å². The van der Waals surface area contributed by atoms with Gasteiger partial charge >= 0.3 is 0 Å². The quantitative estimate of drug-likeness (QED) is 0.324. The zero-order valence-electron chi connectivity index (χ0n) is 18.3. The largest absolute Gasteiger partial charge is 0.495 e. The number of hydrogen-bond acceptors (Lipinski definition) is 6. The van der Waals surface area contributed by atoms with Gasteiger partial charge < -0.3 is 14.8 Å². The zero-order valence-corrected chi connectivity index (χ0v) is 19.9. The normalized spacial score (nSPS) is 10.6. The van der Waals surface area contributed by atoms with Crippen LogP contribution in [0.15, 0.2) is 66.7 Å². The molecule has 0 aliphatic heterocycles. The third-order valence-corrected chi connectivity index (χ3v) is 6.09. The highest BCUT2D eigenvalue weighted by Crippen LogP contribution is 2.34. The van der Waals surface area contributed by atoms with Crippen LogP contribution in [0.1, 0.15) is 23.7 Å². The molecule has 1 aromatic heterocycles. The van der Waals surface area contributed by atoms with E-state index in [2.05, 4.69) is 10.6 Å². The Morgan fingerprint density at radius 3 is 2.61 bits per heavy atom. The Hall–Kier alpha value is -3.49. The molecule has 33 heavy (non-hydrogen) atoms. The molecule has 4 rings (SSSR count). The molecule has 6 nitrogen and oxygen atoms in total. The van der Waals surface area contributed by atoms with Gasteiger partial charge in [0, 0.05) is 11.1 Å². The molecule has 0 unspecified atom stereocenters. The molecule has 4 aromatic rings. The van der Waals surface area contributed by atoms with Crippen LogP contribution in [-0.4, -0.2) is 29.7 Å². The third-order valence-electron chi connectivity index (χ3n) is 4.80. The lowest BCUT2D eigenvalue weighted by molar-refractivity contribution is 0.0977. The summed E-state index contributed by atoms with van der Waals surface area (Å²) in [5.74, 6) is 1.02. The molecule has 1 heterocycles. The number of thiocarbonyl (C=S) groups is 1. The molecule has 0 aliphatic carbocycles. The van der Waals surface area contributed by atoms with E-state index in [0.29, 0.717) is 23.6 Å². The van der Waals surface area contributed by atoms with Crippen LogP contribution in [0.5, 0.6) is 11.5 Å². The Labute approximate surface area is 201 Å². The van der Waals surface area contributed by atoms with Crippen molar-refractivity contribution >= 4 is 50.5 Å². The van der Waals surface area contributed by atoms with Crippen molar-refractivity contribution in [1.82, 2.24) is 10.3 Å². The van der Waals surface area contributed by atoms with E-state index < -0.39 is 0 Å². The lowest BCUT2D eigenvalue weighted by atomic mass is 10.2. The average molecular weight is 478 g/mol. The number of carbonyl (C=O) groups excluding carboxylic acids is 1. The highest BCUT2D eigenvalue weighted by molar-refractivity contribution is 7.80. The Bertz CT molecular complexity index is 1250. The maximum Gasteiger partial charge on any atom is 0.257 e. The smallest absolute Gasteiger partial charge is 0.257 e. The Morgan fingerprint density at radius 2 is 1.88 bits per heavy atom. The molecule has 0 fully saturated rings. The molecular formula is C25H23N3O3S2. The number of thiazole rings is 1. The van der Waals surface area contributed by atoms with Crippen LogP contribution in [0, 0.1) is 0 Å². The van der Waals surface area contributed by atoms with Crippen LogP contribution in [0.4, 0.5) is 5.69 Å². The number of aromatic nitrogens is 1. The summed E-state index contributed by atoms with van der Waals surface area (Å²) in [6.07, 6.45) is 0.922. The highest BCUT2D eigenvalue weighted by Gasteiger charge is 2.13. The van der Waals surface area contributed by atoms with Gasteiger partial charge in [-0.05, 0) is 73.2 Å². The fraction of sp³-hybridized carbons (Fsp3) is 0.160. The summed E-state index contributed by atoms with van der Waals surface area (Å²) in [4.78, 5) is 17.3. The van der Waals surface area contributed by atoms with E-state index in [1.165, 1.54) is 0 Å². The van der Waals surface area contributed by atoms with Crippen LogP contribution in [0.25, 0.3) is 20.8 Å². The fourth-order valence-corrected chi connectivity index (χ4v) is 4.35. The van der Waals surface area contributed by atoms with E-state index in [1.54, 1.807) is 42.7 Å². The predicted molar refractivity (Wildman–Crippen MR) is 138 cm³/mol. The molecule has 8 heteroatoms. The molecular weight excluding hydrogens is 454 g/mol. The predicted octanol–water partition coefficient (Wildman–Crippen LogP) is 5.89. The molecule has 168 valence electrons. The van der Waals surface area contributed by atoms with Crippen molar-refractivity contribution in [1.29, 1.82) is 0 Å². The second-order valence-electron chi connectivity index (χ2n) is 7.18. The molecule has 0 saturated carbocycles. The van der Waals surface area contributed by atoms with Gasteiger partial charge in [0.05, 0.1) is 29.6 Å². The lowest BCUT2D eigenvalue weighted by Crippen LogP contribution is -2.34. The first-order valence-corrected chi connectivity index (χ1v) is 11.7. The molecule has 3 aromatic carbocycles. The van der Waals surface area contributed by atoms with Crippen molar-refractivity contribution in [3.8, 4) is 22.1 Å². The number of hydrogen-bond donors (Lipinski definition) is 2. The number of anilines is 1.